The summed E-state index contributed by atoms with van der Waals surface area (Å²) < 4.78 is 0. The van der Waals surface area contributed by atoms with Gasteiger partial charge in [-0.05, 0) is 30.9 Å². The first-order valence-electron chi connectivity index (χ1n) is 2.00. The fraction of sp³-hybridized carbons (Fsp3) is 0. The van der Waals surface area contributed by atoms with Crippen LogP contribution in [0, 0.1) is 0 Å². The van der Waals surface area contributed by atoms with Gasteiger partial charge < -0.3 is 7.06 Å². The smallest absolute Gasteiger partial charge is 0.0411 e. The van der Waals surface area contributed by atoms with E-state index < -0.39 is 12.8 Å². The third-order valence-electron chi connectivity index (χ3n) is 0.444. The summed E-state index contributed by atoms with van der Waals surface area (Å²) >= 11 is 0. The molecule has 0 aliphatic rings. The third kappa shape index (κ3) is 6.45. The molecule has 0 aromatic rings. The average molecular weight is 75.7 g/mol. The molecule has 0 spiro atoms. The Labute approximate surface area is 51.5 Å². The van der Waals surface area contributed by atoms with Crippen LogP contribution in [0.15, 0.2) is 0 Å². The second kappa shape index (κ2) is 3.46. The Bertz CT molecular complexity index is 29.3. The summed E-state index contributed by atoms with van der Waals surface area (Å²) in [6.07, 6.45) is -1.00. The van der Waals surface area contributed by atoms with Crippen LogP contribution in [0.1, 0.15) is 0 Å². The van der Waals surface area contributed by atoms with Crippen LogP contribution in [-0.4, -0.2) is 50.8 Å². The lowest BCUT2D eigenvalue weighted by molar-refractivity contribution is 3.76. The maximum atomic E-state index is 5.06. The van der Waals surface area contributed by atoms with E-state index >= 15 is 0 Å². The van der Waals surface area contributed by atoms with Crippen LogP contribution in [0.5, 0.6) is 0 Å². The quantitative estimate of drug-likeness (QED) is 0.314. The van der Waals surface area contributed by atoms with E-state index in [2.05, 4.69) is 0 Å². The third-order valence-corrected chi connectivity index (χ3v) is 0.444. The minimum absolute atomic E-state index is 0.500. The molecule has 10 radical (unpaired) electrons. The first kappa shape index (κ1) is 7.45. The van der Waals surface area contributed by atoms with Crippen LogP contribution in [0.2, 0.25) is 0 Å². The summed E-state index contributed by atoms with van der Waals surface area (Å²) in [5.74, 6) is 0. The van der Waals surface area contributed by atoms with Crippen molar-refractivity contribution in [3.05, 3.63) is 0 Å². The van der Waals surface area contributed by atoms with Crippen molar-refractivity contribution in [2.45, 2.75) is 0 Å². The lowest BCUT2D eigenvalue weighted by Crippen LogP contribution is -2.38. The first-order chi connectivity index (χ1) is 3.13. The molecule has 0 N–H and O–H groups in total. The molecule has 22 valence electrons. The Morgan fingerprint density at radius 3 is 1.14 bits per heavy atom. The molecule has 0 aromatic carbocycles. The van der Waals surface area contributed by atoms with Crippen LogP contribution >= 0.6 is 0 Å². The highest BCUT2D eigenvalue weighted by atomic mass is 12.8. The molecule has 0 aliphatic heterocycles. The van der Waals surface area contributed by atoms with Crippen LogP contribution in [0.3, 0.4) is 0 Å². The van der Waals surface area contributed by atoms with Crippen LogP contribution in [0.4, 0.5) is 0 Å². The number of hydrogen-bond donors (Lipinski definition) is 0. The molecule has 0 saturated carbocycles. The Hall–Kier alpha value is 0.455. The molecule has 7 heavy (non-hydrogen) atoms. The van der Waals surface area contributed by atoms with Crippen molar-refractivity contribution in [1.29, 1.82) is 0 Å². The van der Waals surface area contributed by atoms with Gasteiger partial charge in [0.15, 0.2) is 0 Å². The standard InChI is InChI=1S/B7/c1-6(2)5-7(3)4/q-1. The van der Waals surface area contributed by atoms with Gasteiger partial charge in [-0.1, -0.05) is 0 Å². The van der Waals surface area contributed by atoms with E-state index in [1.54, 1.807) is 0 Å². The molecule has 0 aliphatic carbocycles. The summed E-state index contributed by atoms with van der Waals surface area (Å²) in [7, 11) is 21.7. The van der Waals surface area contributed by atoms with E-state index in [1.165, 1.54) is 7.06 Å². The van der Waals surface area contributed by atoms with E-state index in [-0.39, 0.29) is 0 Å². The van der Waals surface area contributed by atoms with Crippen molar-refractivity contribution in [2.75, 3.05) is 0 Å². The minimum Gasteiger partial charge on any atom is -0.441 e. The molecule has 0 unspecified atom stereocenters. The molecule has 0 bridgehead atoms. The molecule has 0 saturated heterocycles. The molecule has 7 heteroatoms. The van der Waals surface area contributed by atoms with Gasteiger partial charge in [-0.15, -0.1) is 0 Å². The summed E-state index contributed by atoms with van der Waals surface area (Å²) in [6, 6.07) is 0. The van der Waals surface area contributed by atoms with Gasteiger partial charge in [0.2, 0.25) is 0 Å². The molecule has 0 amide bonds. The lowest BCUT2D eigenvalue weighted by Gasteiger charge is -2.23. The van der Waals surface area contributed by atoms with Gasteiger partial charge in [-0.3, -0.25) is 0 Å². The number of hydrogen-bond acceptors (Lipinski definition) is 0. The highest BCUT2D eigenvalue weighted by Gasteiger charge is 1.79. The zero-order chi connectivity index (χ0) is 5.86. The molecule has 0 nitrogen and oxygen atoms in total. The highest BCUT2D eigenvalue weighted by molar-refractivity contribution is 7.76. The van der Waals surface area contributed by atoms with Gasteiger partial charge in [-0.2, -0.15) is 12.8 Å². The van der Waals surface area contributed by atoms with Crippen LogP contribution in [-0.2, 0) is 0 Å². The summed E-state index contributed by atoms with van der Waals surface area (Å²) in [6.45, 7) is 0. The normalized spacial score (nSPS) is 8.00. The monoisotopic (exact) mass is 77.1 g/mol. The van der Waals surface area contributed by atoms with Gasteiger partial charge in [0.25, 0.3) is 0 Å². The molecular weight excluding hydrogens is 75.7 g/mol. The predicted molar refractivity (Wildman–Crippen MR) is 40.3 cm³/mol. The van der Waals surface area contributed by atoms with Gasteiger partial charge in [0.1, 0.15) is 0 Å². The Morgan fingerprint density at radius 1 is 0.857 bits per heavy atom. The van der Waals surface area contributed by atoms with Crippen molar-refractivity contribution in [3.63, 3.8) is 0 Å². The second-order valence-electron chi connectivity index (χ2n) is 1.35. The first-order valence-corrected chi connectivity index (χ1v) is 2.00. The number of rotatable bonds is 2. The molecule has 0 rings (SSSR count). The van der Waals surface area contributed by atoms with Gasteiger partial charge >= 0.3 is 0 Å². The predicted octanol–water partition coefficient (Wildman–Crippen LogP) is -2.67. The highest BCUT2D eigenvalue weighted by Crippen LogP contribution is 1.62. The minimum atomic E-state index is -0.500. The van der Waals surface area contributed by atoms with Crippen LogP contribution < -0.4 is 0 Å². The maximum absolute atomic E-state index is 5.06. The molecule has 0 aromatic heterocycles. The molecule has 0 atom stereocenters. The van der Waals surface area contributed by atoms with E-state index in [0.717, 1.165) is 0 Å². The van der Waals surface area contributed by atoms with E-state index in [1.807, 2.05) is 0 Å². The zero-order valence-electron chi connectivity index (χ0n) is 4.04. The maximum Gasteiger partial charge on any atom is -0.0411 e. The van der Waals surface area contributed by atoms with E-state index in [4.69, 9.17) is 30.9 Å². The topological polar surface area (TPSA) is 0 Å². The fourth-order valence-corrected chi connectivity index (χ4v) is 0.257. The Morgan fingerprint density at radius 2 is 1.14 bits per heavy atom. The van der Waals surface area contributed by atoms with E-state index in [0.29, 0.717) is 0 Å². The fourth-order valence-electron chi connectivity index (χ4n) is 0.257. The summed E-state index contributed by atoms with van der Waals surface area (Å²) in [5.41, 5.74) is 0. The summed E-state index contributed by atoms with van der Waals surface area (Å²) in [4.78, 5) is 0. The second-order valence-corrected chi connectivity index (χ2v) is 1.35. The average Bonchev–Trinajstić information content (AvgIpc) is 1.27. The largest absolute Gasteiger partial charge is 0.441 e. The summed E-state index contributed by atoms with van der Waals surface area (Å²) in [5, 5.41) is 0. The SMILES string of the molecule is [B]B([B])[B-]B([B])[B]. The lowest BCUT2D eigenvalue weighted by atomic mass is 8.81. The van der Waals surface area contributed by atoms with Crippen LogP contribution in [0.25, 0.3) is 0 Å². The Kier molecular flexibility index (Phi) is 3.68. The molecule has 0 fully saturated rings. The van der Waals surface area contributed by atoms with Crippen molar-refractivity contribution in [2.24, 2.45) is 0 Å². The van der Waals surface area contributed by atoms with Crippen molar-refractivity contribution in [1.82, 2.24) is 0 Å². The van der Waals surface area contributed by atoms with E-state index in [9.17, 15) is 0 Å². The molecular formula is B7-. The van der Waals surface area contributed by atoms with Gasteiger partial charge in [0.05, 0.1) is 0 Å². The van der Waals surface area contributed by atoms with Crippen molar-refractivity contribution < 1.29 is 0 Å². The van der Waals surface area contributed by atoms with Crippen molar-refractivity contribution in [3.8, 4) is 0 Å². The van der Waals surface area contributed by atoms with Gasteiger partial charge in [-0.25, -0.2) is 0 Å². The van der Waals surface area contributed by atoms with Gasteiger partial charge in [0, 0.05) is 0 Å². The Balaban J connectivity index is 2.95. The molecule has 0 heterocycles. The zero-order valence-corrected chi connectivity index (χ0v) is 4.04. The van der Waals surface area contributed by atoms with Crippen molar-refractivity contribution >= 4 is 50.8 Å².